The first-order chi connectivity index (χ1) is 8.58. The van der Waals surface area contributed by atoms with Gasteiger partial charge in [0.2, 0.25) is 0 Å². The van der Waals surface area contributed by atoms with Crippen LogP contribution >= 0.6 is 12.4 Å². The Morgan fingerprint density at radius 3 is 2.11 bits per heavy atom. The van der Waals surface area contributed by atoms with Crippen LogP contribution in [0.3, 0.4) is 0 Å². The SMILES string of the molecule is Cc1cc(C)cc([C@@H](N)[C@@H](O)C2CCCCC2)c1.Cl. The Morgan fingerprint density at radius 2 is 1.58 bits per heavy atom. The molecule has 0 aliphatic heterocycles. The van der Waals surface area contributed by atoms with Gasteiger partial charge in [-0.05, 0) is 38.2 Å². The van der Waals surface area contributed by atoms with Gasteiger partial charge in [-0.2, -0.15) is 0 Å². The summed E-state index contributed by atoms with van der Waals surface area (Å²) in [4.78, 5) is 0. The molecular weight excluding hydrogens is 258 g/mol. The number of hydrogen-bond donors (Lipinski definition) is 2. The van der Waals surface area contributed by atoms with Gasteiger partial charge in [-0.1, -0.05) is 48.6 Å². The van der Waals surface area contributed by atoms with E-state index in [-0.39, 0.29) is 18.4 Å². The first kappa shape index (κ1) is 16.5. The molecule has 0 spiro atoms. The van der Waals surface area contributed by atoms with E-state index in [0.29, 0.717) is 5.92 Å². The summed E-state index contributed by atoms with van der Waals surface area (Å²) in [7, 11) is 0. The van der Waals surface area contributed by atoms with Gasteiger partial charge < -0.3 is 10.8 Å². The van der Waals surface area contributed by atoms with Crippen LogP contribution in [0.25, 0.3) is 0 Å². The van der Waals surface area contributed by atoms with Crippen LogP contribution in [0, 0.1) is 19.8 Å². The van der Waals surface area contributed by atoms with Gasteiger partial charge in [-0.15, -0.1) is 12.4 Å². The van der Waals surface area contributed by atoms with Crippen molar-refractivity contribution in [3.63, 3.8) is 0 Å². The summed E-state index contributed by atoms with van der Waals surface area (Å²) in [5.74, 6) is 0.384. The van der Waals surface area contributed by atoms with Crippen molar-refractivity contribution in [1.82, 2.24) is 0 Å². The summed E-state index contributed by atoms with van der Waals surface area (Å²) in [5, 5.41) is 10.5. The first-order valence-corrected chi connectivity index (χ1v) is 7.10. The molecule has 0 heterocycles. The molecule has 1 aliphatic rings. The Balaban J connectivity index is 0.00000180. The van der Waals surface area contributed by atoms with Gasteiger partial charge in [0.1, 0.15) is 0 Å². The smallest absolute Gasteiger partial charge is 0.0760 e. The predicted octanol–water partition coefficient (Wildman–Crippen LogP) is 3.67. The normalized spacial score (nSPS) is 19.6. The Morgan fingerprint density at radius 1 is 1.05 bits per heavy atom. The standard InChI is InChI=1S/C16H25NO.ClH/c1-11-8-12(2)10-14(9-11)15(17)16(18)13-6-4-3-5-7-13;/h8-10,13,15-16,18H,3-7,17H2,1-2H3;1H/t15-,16+;/m1./s1. The van der Waals surface area contributed by atoms with Crippen LogP contribution in [0.2, 0.25) is 0 Å². The number of nitrogens with two attached hydrogens (primary N) is 1. The third kappa shape index (κ3) is 4.20. The monoisotopic (exact) mass is 283 g/mol. The van der Waals surface area contributed by atoms with Crippen LogP contribution in [0.1, 0.15) is 54.8 Å². The van der Waals surface area contributed by atoms with E-state index >= 15 is 0 Å². The summed E-state index contributed by atoms with van der Waals surface area (Å²) in [6.07, 6.45) is 5.63. The molecule has 3 heteroatoms. The van der Waals surface area contributed by atoms with Gasteiger partial charge in [0, 0.05) is 0 Å². The van der Waals surface area contributed by atoms with Crippen LogP contribution in [0.5, 0.6) is 0 Å². The minimum atomic E-state index is -0.397. The number of rotatable bonds is 3. The maximum absolute atomic E-state index is 10.5. The molecule has 0 saturated heterocycles. The van der Waals surface area contributed by atoms with Crippen LogP contribution in [-0.4, -0.2) is 11.2 Å². The van der Waals surface area contributed by atoms with Gasteiger partial charge in [0.25, 0.3) is 0 Å². The molecule has 2 atom stereocenters. The minimum Gasteiger partial charge on any atom is -0.391 e. The third-order valence-electron chi connectivity index (χ3n) is 4.13. The summed E-state index contributed by atoms with van der Waals surface area (Å²) in [5.41, 5.74) is 9.77. The van der Waals surface area contributed by atoms with Gasteiger partial charge in [0.05, 0.1) is 12.1 Å². The number of aliphatic hydroxyl groups is 1. The molecular formula is C16H26ClNO. The lowest BCUT2D eigenvalue weighted by molar-refractivity contribution is 0.0618. The lowest BCUT2D eigenvalue weighted by Gasteiger charge is -2.30. The van der Waals surface area contributed by atoms with E-state index in [9.17, 15) is 5.11 Å². The zero-order valence-electron chi connectivity index (χ0n) is 11.9. The maximum Gasteiger partial charge on any atom is 0.0760 e. The number of aliphatic hydroxyl groups excluding tert-OH is 1. The molecule has 3 N–H and O–H groups in total. The fourth-order valence-electron chi connectivity index (χ4n) is 3.17. The number of halogens is 1. The van der Waals surface area contributed by atoms with E-state index in [2.05, 4.69) is 32.0 Å². The average Bonchev–Trinajstić information content (AvgIpc) is 2.37. The quantitative estimate of drug-likeness (QED) is 0.889. The molecule has 2 rings (SSSR count). The van der Waals surface area contributed by atoms with Crippen molar-refractivity contribution >= 4 is 12.4 Å². The molecule has 0 radical (unpaired) electrons. The highest BCUT2D eigenvalue weighted by atomic mass is 35.5. The van der Waals surface area contributed by atoms with E-state index in [1.165, 1.54) is 30.4 Å². The van der Waals surface area contributed by atoms with Crippen LogP contribution in [-0.2, 0) is 0 Å². The predicted molar refractivity (Wildman–Crippen MR) is 82.7 cm³/mol. The second-order valence-electron chi connectivity index (χ2n) is 5.84. The lowest BCUT2D eigenvalue weighted by atomic mass is 9.81. The molecule has 1 aromatic carbocycles. The average molecular weight is 284 g/mol. The zero-order valence-corrected chi connectivity index (χ0v) is 12.7. The number of benzene rings is 1. The molecule has 1 aliphatic carbocycles. The number of hydrogen-bond acceptors (Lipinski definition) is 2. The molecule has 2 nitrogen and oxygen atoms in total. The highest BCUT2D eigenvalue weighted by Crippen LogP contribution is 2.31. The van der Waals surface area contributed by atoms with E-state index < -0.39 is 6.10 Å². The maximum atomic E-state index is 10.5. The van der Waals surface area contributed by atoms with Crippen molar-refractivity contribution < 1.29 is 5.11 Å². The van der Waals surface area contributed by atoms with Gasteiger partial charge in [0.15, 0.2) is 0 Å². The second kappa shape index (κ2) is 7.28. The Hall–Kier alpha value is -0.570. The molecule has 1 aromatic rings. The fraction of sp³-hybridized carbons (Fsp3) is 0.625. The van der Waals surface area contributed by atoms with Crippen molar-refractivity contribution in [3.8, 4) is 0 Å². The molecule has 0 bridgehead atoms. The van der Waals surface area contributed by atoms with Gasteiger partial charge in [-0.25, -0.2) is 0 Å². The molecule has 0 unspecified atom stereocenters. The van der Waals surface area contributed by atoms with Crippen LogP contribution < -0.4 is 5.73 Å². The van der Waals surface area contributed by atoms with Crippen molar-refractivity contribution in [2.45, 2.75) is 58.1 Å². The lowest BCUT2D eigenvalue weighted by Crippen LogP contribution is -2.34. The third-order valence-corrected chi connectivity index (χ3v) is 4.13. The Labute approximate surface area is 122 Å². The molecule has 0 amide bonds. The Bertz CT molecular complexity index is 381. The van der Waals surface area contributed by atoms with Crippen molar-refractivity contribution in [1.29, 1.82) is 0 Å². The second-order valence-corrected chi connectivity index (χ2v) is 5.84. The summed E-state index contributed by atoms with van der Waals surface area (Å²) >= 11 is 0. The minimum absolute atomic E-state index is 0. The molecule has 1 fully saturated rings. The van der Waals surface area contributed by atoms with E-state index in [1.807, 2.05) is 0 Å². The number of aryl methyl sites for hydroxylation is 2. The topological polar surface area (TPSA) is 46.2 Å². The van der Waals surface area contributed by atoms with Crippen LogP contribution in [0.4, 0.5) is 0 Å². The summed E-state index contributed by atoms with van der Waals surface area (Å²) in [6, 6.07) is 6.10. The van der Waals surface area contributed by atoms with Crippen molar-refractivity contribution in [2.75, 3.05) is 0 Å². The van der Waals surface area contributed by atoms with Crippen molar-refractivity contribution in [2.24, 2.45) is 11.7 Å². The molecule has 1 saturated carbocycles. The molecule has 108 valence electrons. The molecule has 19 heavy (non-hydrogen) atoms. The van der Waals surface area contributed by atoms with Gasteiger partial charge >= 0.3 is 0 Å². The van der Waals surface area contributed by atoms with Crippen molar-refractivity contribution in [3.05, 3.63) is 34.9 Å². The van der Waals surface area contributed by atoms with E-state index in [0.717, 1.165) is 18.4 Å². The largest absolute Gasteiger partial charge is 0.391 e. The molecule has 0 aromatic heterocycles. The van der Waals surface area contributed by atoms with E-state index in [4.69, 9.17) is 5.73 Å². The summed E-state index contributed by atoms with van der Waals surface area (Å²) in [6.45, 7) is 4.16. The highest BCUT2D eigenvalue weighted by molar-refractivity contribution is 5.85. The van der Waals surface area contributed by atoms with Crippen LogP contribution in [0.15, 0.2) is 18.2 Å². The van der Waals surface area contributed by atoms with Gasteiger partial charge in [-0.3, -0.25) is 0 Å². The van der Waals surface area contributed by atoms with E-state index in [1.54, 1.807) is 0 Å². The highest BCUT2D eigenvalue weighted by Gasteiger charge is 2.27. The Kier molecular flexibility index (Phi) is 6.31. The zero-order chi connectivity index (χ0) is 13.1. The first-order valence-electron chi connectivity index (χ1n) is 7.10. The summed E-state index contributed by atoms with van der Waals surface area (Å²) < 4.78 is 0. The fourth-order valence-corrected chi connectivity index (χ4v) is 3.17.